The maximum Gasteiger partial charge on any atom is 0.227 e. The van der Waals surface area contributed by atoms with Gasteiger partial charge in [-0.3, -0.25) is 0 Å². The second-order valence-electron chi connectivity index (χ2n) is 5.22. The van der Waals surface area contributed by atoms with Crippen LogP contribution in [0, 0.1) is 0 Å². The van der Waals surface area contributed by atoms with Gasteiger partial charge in [-0.1, -0.05) is 32.0 Å². The van der Waals surface area contributed by atoms with Crippen LogP contribution in [0.2, 0.25) is 0 Å². The molecule has 0 unspecified atom stereocenters. The molecule has 7 heteroatoms. The molecule has 0 saturated heterocycles. The molecule has 6 nitrogen and oxygen atoms in total. The average Bonchev–Trinajstić information content (AvgIpc) is 2.55. The predicted molar refractivity (Wildman–Crippen MR) is 91.1 cm³/mol. The SMILES string of the molecule is CCCN(CCC)c1ncc(S(=O)(=O)c2ccccc2)c(N)n1. The topological polar surface area (TPSA) is 89.2 Å². The molecule has 0 fully saturated rings. The number of nitrogen functional groups attached to an aromatic ring is 1. The van der Waals surface area contributed by atoms with Crippen LogP contribution in [0.4, 0.5) is 11.8 Å². The van der Waals surface area contributed by atoms with Crippen LogP contribution in [0.25, 0.3) is 0 Å². The molecule has 0 aliphatic rings. The van der Waals surface area contributed by atoms with Crippen molar-refractivity contribution in [1.82, 2.24) is 9.97 Å². The molecule has 0 aliphatic heterocycles. The number of aromatic nitrogens is 2. The molecule has 0 atom stereocenters. The van der Waals surface area contributed by atoms with Gasteiger partial charge in [0.2, 0.25) is 15.8 Å². The normalized spacial score (nSPS) is 11.4. The summed E-state index contributed by atoms with van der Waals surface area (Å²) in [6.45, 7) is 5.75. The van der Waals surface area contributed by atoms with Crippen LogP contribution < -0.4 is 10.6 Å². The standard InChI is InChI=1S/C16H22N4O2S/c1-3-10-20(11-4-2)16-18-12-14(15(17)19-16)23(21,22)13-8-6-5-7-9-13/h5-9,12H,3-4,10-11H2,1-2H3,(H2,17,18,19). The zero-order valence-corrected chi connectivity index (χ0v) is 14.3. The quantitative estimate of drug-likeness (QED) is 0.837. The lowest BCUT2D eigenvalue weighted by Crippen LogP contribution is -2.27. The molecule has 0 spiro atoms. The van der Waals surface area contributed by atoms with Gasteiger partial charge < -0.3 is 10.6 Å². The van der Waals surface area contributed by atoms with Crippen molar-refractivity contribution in [2.75, 3.05) is 23.7 Å². The van der Waals surface area contributed by atoms with E-state index in [1.54, 1.807) is 18.2 Å². The summed E-state index contributed by atoms with van der Waals surface area (Å²) in [5.41, 5.74) is 5.92. The number of hydrogen-bond acceptors (Lipinski definition) is 6. The number of sulfone groups is 1. The zero-order chi connectivity index (χ0) is 16.9. The maximum absolute atomic E-state index is 12.6. The Hall–Kier alpha value is -2.15. The Kier molecular flexibility index (Phi) is 5.54. The molecule has 23 heavy (non-hydrogen) atoms. The minimum absolute atomic E-state index is 0.0175. The van der Waals surface area contributed by atoms with E-state index in [4.69, 9.17) is 5.73 Å². The average molecular weight is 334 g/mol. The Morgan fingerprint density at radius 2 is 1.70 bits per heavy atom. The van der Waals surface area contributed by atoms with Gasteiger partial charge in [-0.05, 0) is 25.0 Å². The number of rotatable bonds is 7. The largest absolute Gasteiger partial charge is 0.382 e. The molecule has 2 N–H and O–H groups in total. The molecule has 2 aromatic rings. The fraction of sp³-hybridized carbons (Fsp3) is 0.375. The molecule has 0 radical (unpaired) electrons. The molecular weight excluding hydrogens is 312 g/mol. The third kappa shape index (κ3) is 3.79. The van der Waals surface area contributed by atoms with E-state index in [1.165, 1.54) is 18.3 Å². The molecule has 1 aromatic heterocycles. The van der Waals surface area contributed by atoms with Crippen LogP contribution in [0.1, 0.15) is 26.7 Å². The Morgan fingerprint density at radius 1 is 1.09 bits per heavy atom. The second kappa shape index (κ2) is 7.41. The van der Waals surface area contributed by atoms with E-state index in [-0.39, 0.29) is 15.6 Å². The third-order valence-corrected chi connectivity index (χ3v) is 5.17. The summed E-state index contributed by atoms with van der Waals surface area (Å²) in [5, 5.41) is 0. The van der Waals surface area contributed by atoms with Gasteiger partial charge in [-0.2, -0.15) is 4.98 Å². The molecule has 0 amide bonds. The molecule has 1 heterocycles. The number of anilines is 2. The van der Waals surface area contributed by atoms with Gasteiger partial charge in [-0.25, -0.2) is 13.4 Å². The predicted octanol–water partition coefficient (Wildman–Crippen LogP) is 2.52. The highest BCUT2D eigenvalue weighted by atomic mass is 32.2. The van der Waals surface area contributed by atoms with Gasteiger partial charge in [0.25, 0.3) is 0 Å². The Balaban J connectivity index is 2.40. The Labute approximate surface area is 137 Å². The van der Waals surface area contributed by atoms with Gasteiger partial charge >= 0.3 is 0 Å². The summed E-state index contributed by atoms with van der Waals surface area (Å²) in [4.78, 5) is 10.6. The summed E-state index contributed by atoms with van der Waals surface area (Å²) in [7, 11) is -3.71. The Morgan fingerprint density at radius 3 is 2.22 bits per heavy atom. The van der Waals surface area contributed by atoms with E-state index in [0.29, 0.717) is 5.95 Å². The van der Waals surface area contributed by atoms with Gasteiger partial charge in [0.15, 0.2) is 0 Å². The summed E-state index contributed by atoms with van der Waals surface area (Å²) in [6.07, 6.45) is 3.21. The number of hydrogen-bond donors (Lipinski definition) is 1. The molecule has 1 aromatic carbocycles. The lowest BCUT2D eigenvalue weighted by molar-refractivity contribution is 0.595. The van der Waals surface area contributed by atoms with Crippen molar-refractivity contribution in [3.63, 3.8) is 0 Å². The van der Waals surface area contributed by atoms with Gasteiger partial charge in [0, 0.05) is 13.1 Å². The van der Waals surface area contributed by atoms with Crippen LogP contribution in [-0.4, -0.2) is 31.5 Å². The number of nitrogens with two attached hydrogens (primary N) is 1. The minimum Gasteiger partial charge on any atom is -0.382 e. The lowest BCUT2D eigenvalue weighted by Gasteiger charge is -2.21. The van der Waals surface area contributed by atoms with E-state index < -0.39 is 9.84 Å². The monoisotopic (exact) mass is 334 g/mol. The third-order valence-electron chi connectivity index (χ3n) is 3.38. The van der Waals surface area contributed by atoms with Crippen LogP contribution in [0.3, 0.4) is 0 Å². The highest BCUT2D eigenvalue weighted by molar-refractivity contribution is 7.91. The second-order valence-corrected chi connectivity index (χ2v) is 7.14. The van der Waals surface area contributed by atoms with Crippen molar-refractivity contribution in [3.8, 4) is 0 Å². The van der Waals surface area contributed by atoms with Crippen LogP contribution in [-0.2, 0) is 9.84 Å². The first-order valence-electron chi connectivity index (χ1n) is 7.68. The van der Waals surface area contributed by atoms with Gasteiger partial charge in [-0.15, -0.1) is 0 Å². The van der Waals surface area contributed by atoms with Crippen molar-refractivity contribution in [2.45, 2.75) is 36.5 Å². The van der Waals surface area contributed by atoms with Crippen molar-refractivity contribution >= 4 is 21.6 Å². The first-order chi connectivity index (χ1) is 11.0. The van der Waals surface area contributed by atoms with Crippen LogP contribution in [0.15, 0.2) is 46.3 Å². The summed E-state index contributed by atoms with van der Waals surface area (Å²) >= 11 is 0. The van der Waals surface area contributed by atoms with Crippen molar-refractivity contribution < 1.29 is 8.42 Å². The molecule has 0 bridgehead atoms. The molecule has 2 rings (SSSR count). The van der Waals surface area contributed by atoms with Crippen molar-refractivity contribution in [1.29, 1.82) is 0 Å². The lowest BCUT2D eigenvalue weighted by atomic mass is 10.4. The zero-order valence-electron chi connectivity index (χ0n) is 13.4. The van der Waals surface area contributed by atoms with E-state index >= 15 is 0 Å². The summed E-state index contributed by atoms with van der Waals surface area (Å²) in [6, 6.07) is 8.16. The van der Waals surface area contributed by atoms with E-state index in [1.807, 2.05) is 4.90 Å². The minimum atomic E-state index is -3.71. The van der Waals surface area contributed by atoms with Crippen LogP contribution >= 0.6 is 0 Å². The van der Waals surface area contributed by atoms with Gasteiger partial charge in [0.05, 0.1) is 11.1 Å². The molecule has 0 aliphatic carbocycles. The van der Waals surface area contributed by atoms with Crippen molar-refractivity contribution in [2.24, 2.45) is 0 Å². The number of benzene rings is 1. The van der Waals surface area contributed by atoms with E-state index in [0.717, 1.165) is 25.9 Å². The van der Waals surface area contributed by atoms with E-state index in [2.05, 4.69) is 23.8 Å². The fourth-order valence-corrected chi connectivity index (χ4v) is 3.59. The Bertz CT molecular complexity index is 742. The van der Waals surface area contributed by atoms with Crippen molar-refractivity contribution in [3.05, 3.63) is 36.5 Å². The summed E-state index contributed by atoms with van der Waals surface area (Å²) in [5.74, 6) is 0.453. The first-order valence-corrected chi connectivity index (χ1v) is 9.16. The van der Waals surface area contributed by atoms with Crippen LogP contribution in [0.5, 0.6) is 0 Å². The maximum atomic E-state index is 12.6. The molecule has 124 valence electrons. The van der Waals surface area contributed by atoms with Gasteiger partial charge in [0.1, 0.15) is 10.7 Å². The summed E-state index contributed by atoms with van der Waals surface area (Å²) < 4.78 is 25.2. The fourth-order valence-electron chi connectivity index (χ4n) is 2.31. The highest BCUT2D eigenvalue weighted by Gasteiger charge is 2.23. The number of nitrogens with zero attached hydrogens (tertiary/aromatic N) is 3. The highest BCUT2D eigenvalue weighted by Crippen LogP contribution is 2.25. The molecule has 0 saturated carbocycles. The van der Waals surface area contributed by atoms with E-state index in [9.17, 15) is 8.42 Å². The first kappa shape index (κ1) is 17.2. The molecular formula is C16H22N4O2S. The smallest absolute Gasteiger partial charge is 0.227 e.